The van der Waals surface area contributed by atoms with E-state index in [0.717, 1.165) is 30.2 Å². The number of nitrogens with one attached hydrogen (secondary N) is 2. The fraction of sp³-hybridized carbons (Fsp3) is 0.412. The molecule has 0 aliphatic carbocycles. The predicted molar refractivity (Wildman–Crippen MR) is 101 cm³/mol. The van der Waals surface area contributed by atoms with Gasteiger partial charge in [0.1, 0.15) is 0 Å². The molecule has 0 saturated carbocycles. The molecule has 5 nitrogen and oxygen atoms in total. The molecule has 1 amide bonds. The monoisotopic (exact) mass is 366 g/mol. The minimum atomic E-state index is 0. The highest BCUT2D eigenvalue weighted by Gasteiger charge is 2.16. The molecule has 1 aromatic heterocycles. The minimum Gasteiger partial charge on any atom is -0.352 e. The van der Waals surface area contributed by atoms with Crippen LogP contribution in [0.3, 0.4) is 0 Å². The van der Waals surface area contributed by atoms with E-state index < -0.39 is 0 Å². The topological polar surface area (TPSA) is 59.0 Å². The maximum Gasteiger partial charge on any atom is 0.221 e. The van der Waals surface area contributed by atoms with E-state index in [1.54, 1.807) is 0 Å². The summed E-state index contributed by atoms with van der Waals surface area (Å²) < 4.78 is 1.90. The Kier molecular flexibility index (Phi) is 7.62. The first-order valence-electron chi connectivity index (χ1n) is 7.93. The number of carbonyl (C=O) groups is 1. The van der Waals surface area contributed by atoms with Gasteiger partial charge in [-0.05, 0) is 5.56 Å². The van der Waals surface area contributed by atoms with E-state index in [0.29, 0.717) is 19.0 Å². The average Bonchev–Trinajstić information content (AvgIpc) is 3.02. The van der Waals surface area contributed by atoms with E-state index in [-0.39, 0.29) is 18.3 Å². The SMILES string of the molecule is Cl.O=C(CC1CSCCN1)NCc1cnn(Cc2ccccc2)c1. The number of carbonyl (C=O) groups excluding carboxylic acids is 1. The Hall–Kier alpha value is -1.50. The standard InChI is InChI=1S/C17H22N4OS.ClH/c22-17(8-16-13-23-7-6-18-16)19-9-15-10-20-21(12-15)11-14-4-2-1-3-5-14;/h1-5,10,12,16,18H,6-9,11,13H2,(H,19,22);1H. The minimum absolute atomic E-state index is 0. The lowest BCUT2D eigenvalue weighted by Crippen LogP contribution is -2.41. The number of benzene rings is 1. The van der Waals surface area contributed by atoms with Crippen molar-refractivity contribution in [2.45, 2.75) is 25.6 Å². The normalized spacial score (nSPS) is 17.1. The molecule has 1 aliphatic heterocycles. The van der Waals surface area contributed by atoms with E-state index in [1.165, 1.54) is 5.56 Å². The van der Waals surface area contributed by atoms with Crippen molar-refractivity contribution in [3.8, 4) is 0 Å². The van der Waals surface area contributed by atoms with Gasteiger partial charge >= 0.3 is 0 Å². The third-order valence-electron chi connectivity index (χ3n) is 3.79. The molecule has 1 unspecified atom stereocenters. The fourth-order valence-electron chi connectivity index (χ4n) is 2.60. The van der Waals surface area contributed by atoms with Crippen molar-refractivity contribution in [1.29, 1.82) is 0 Å². The first-order valence-corrected chi connectivity index (χ1v) is 9.08. The molecule has 3 rings (SSSR count). The van der Waals surface area contributed by atoms with Crippen LogP contribution in [0, 0.1) is 0 Å². The second-order valence-electron chi connectivity index (χ2n) is 5.74. The molecular formula is C17H23ClN4OS. The lowest BCUT2D eigenvalue weighted by Gasteiger charge is -2.22. The zero-order valence-electron chi connectivity index (χ0n) is 13.5. The Labute approximate surface area is 153 Å². The van der Waals surface area contributed by atoms with Crippen molar-refractivity contribution in [3.63, 3.8) is 0 Å². The van der Waals surface area contributed by atoms with Gasteiger partial charge in [0, 0.05) is 48.8 Å². The molecule has 0 spiro atoms. The summed E-state index contributed by atoms with van der Waals surface area (Å²) in [5, 5.41) is 10.7. The Balaban J connectivity index is 0.00000208. The Morgan fingerprint density at radius 3 is 2.92 bits per heavy atom. The number of nitrogens with zero attached hydrogens (tertiary/aromatic N) is 2. The molecular weight excluding hydrogens is 344 g/mol. The van der Waals surface area contributed by atoms with Gasteiger partial charge in [-0.1, -0.05) is 30.3 Å². The van der Waals surface area contributed by atoms with Crippen LogP contribution in [0.1, 0.15) is 17.5 Å². The molecule has 1 atom stereocenters. The van der Waals surface area contributed by atoms with Crippen molar-refractivity contribution in [1.82, 2.24) is 20.4 Å². The van der Waals surface area contributed by atoms with Crippen LogP contribution in [0.15, 0.2) is 42.7 Å². The zero-order valence-corrected chi connectivity index (χ0v) is 15.1. The third kappa shape index (κ3) is 5.85. The van der Waals surface area contributed by atoms with Crippen LogP contribution in [0.4, 0.5) is 0 Å². The lowest BCUT2D eigenvalue weighted by atomic mass is 10.2. The van der Waals surface area contributed by atoms with Crippen LogP contribution in [-0.2, 0) is 17.9 Å². The van der Waals surface area contributed by atoms with Gasteiger partial charge < -0.3 is 10.6 Å². The van der Waals surface area contributed by atoms with Gasteiger partial charge in [-0.3, -0.25) is 9.48 Å². The molecule has 7 heteroatoms. The van der Waals surface area contributed by atoms with Crippen LogP contribution in [0.25, 0.3) is 0 Å². The number of hydrogen-bond acceptors (Lipinski definition) is 4. The van der Waals surface area contributed by atoms with Gasteiger partial charge in [-0.2, -0.15) is 16.9 Å². The highest BCUT2D eigenvalue weighted by atomic mass is 35.5. The van der Waals surface area contributed by atoms with Crippen LogP contribution in [-0.4, -0.2) is 39.8 Å². The lowest BCUT2D eigenvalue weighted by molar-refractivity contribution is -0.121. The molecule has 1 fully saturated rings. The van der Waals surface area contributed by atoms with Gasteiger partial charge in [-0.25, -0.2) is 0 Å². The molecule has 2 heterocycles. The van der Waals surface area contributed by atoms with E-state index in [9.17, 15) is 4.79 Å². The number of rotatable bonds is 6. The highest BCUT2D eigenvalue weighted by molar-refractivity contribution is 7.99. The molecule has 24 heavy (non-hydrogen) atoms. The van der Waals surface area contributed by atoms with Crippen molar-refractivity contribution < 1.29 is 4.79 Å². The molecule has 1 saturated heterocycles. The molecule has 0 radical (unpaired) electrons. The number of hydrogen-bond donors (Lipinski definition) is 2. The second kappa shape index (κ2) is 9.71. The number of halogens is 1. The van der Waals surface area contributed by atoms with Crippen molar-refractivity contribution in [3.05, 3.63) is 53.9 Å². The number of thioether (sulfide) groups is 1. The Bertz CT molecular complexity index is 629. The number of aromatic nitrogens is 2. The molecule has 130 valence electrons. The largest absolute Gasteiger partial charge is 0.352 e. The van der Waals surface area contributed by atoms with Gasteiger partial charge in [0.2, 0.25) is 5.91 Å². The van der Waals surface area contributed by atoms with E-state index in [1.807, 2.05) is 47.0 Å². The first-order chi connectivity index (χ1) is 11.3. The zero-order chi connectivity index (χ0) is 15.9. The second-order valence-corrected chi connectivity index (χ2v) is 6.89. The fourth-order valence-corrected chi connectivity index (χ4v) is 3.55. The van der Waals surface area contributed by atoms with Crippen molar-refractivity contribution in [2.24, 2.45) is 0 Å². The summed E-state index contributed by atoms with van der Waals surface area (Å²) in [5.74, 6) is 2.25. The summed E-state index contributed by atoms with van der Waals surface area (Å²) in [6.45, 7) is 2.28. The summed E-state index contributed by atoms with van der Waals surface area (Å²) in [7, 11) is 0. The smallest absolute Gasteiger partial charge is 0.221 e. The Morgan fingerprint density at radius 1 is 1.33 bits per heavy atom. The molecule has 1 aliphatic rings. The molecule has 2 aromatic rings. The van der Waals surface area contributed by atoms with Crippen LogP contribution in [0.5, 0.6) is 0 Å². The first kappa shape index (κ1) is 18.8. The van der Waals surface area contributed by atoms with Gasteiger partial charge in [0.25, 0.3) is 0 Å². The average molecular weight is 367 g/mol. The van der Waals surface area contributed by atoms with E-state index >= 15 is 0 Å². The maximum atomic E-state index is 12.0. The molecule has 1 aromatic carbocycles. The van der Waals surface area contributed by atoms with Crippen LogP contribution < -0.4 is 10.6 Å². The number of amides is 1. The molecule has 0 bridgehead atoms. The van der Waals surface area contributed by atoms with Crippen LogP contribution in [0.2, 0.25) is 0 Å². The van der Waals surface area contributed by atoms with Gasteiger partial charge in [0.15, 0.2) is 0 Å². The summed E-state index contributed by atoms with van der Waals surface area (Å²) in [6.07, 6.45) is 4.35. The summed E-state index contributed by atoms with van der Waals surface area (Å²) >= 11 is 1.91. The van der Waals surface area contributed by atoms with E-state index in [2.05, 4.69) is 27.9 Å². The maximum absolute atomic E-state index is 12.0. The van der Waals surface area contributed by atoms with Crippen molar-refractivity contribution in [2.75, 3.05) is 18.1 Å². The van der Waals surface area contributed by atoms with Crippen molar-refractivity contribution >= 4 is 30.1 Å². The third-order valence-corrected chi connectivity index (χ3v) is 4.92. The molecule has 2 N–H and O–H groups in total. The van der Waals surface area contributed by atoms with E-state index in [4.69, 9.17) is 0 Å². The summed E-state index contributed by atoms with van der Waals surface area (Å²) in [4.78, 5) is 12.0. The quantitative estimate of drug-likeness (QED) is 0.821. The summed E-state index contributed by atoms with van der Waals surface area (Å²) in [5.41, 5.74) is 2.24. The van der Waals surface area contributed by atoms with Gasteiger partial charge in [0.05, 0.1) is 12.7 Å². The highest BCUT2D eigenvalue weighted by Crippen LogP contribution is 2.10. The van der Waals surface area contributed by atoms with Crippen LogP contribution >= 0.6 is 24.2 Å². The predicted octanol–water partition coefficient (Wildman–Crippen LogP) is 2.06. The Morgan fingerprint density at radius 2 is 2.17 bits per heavy atom. The van der Waals surface area contributed by atoms with Gasteiger partial charge in [-0.15, -0.1) is 12.4 Å². The summed E-state index contributed by atoms with van der Waals surface area (Å²) in [6, 6.07) is 10.5.